The van der Waals surface area contributed by atoms with Gasteiger partial charge in [-0.3, -0.25) is 15.7 Å². The molecule has 0 saturated carbocycles. The molecule has 0 aromatic carbocycles. The molecule has 0 rings (SSSR count). The van der Waals surface area contributed by atoms with Crippen molar-refractivity contribution >= 4 is 24.3 Å². The lowest BCUT2D eigenvalue weighted by Gasteiger charge is -2.04. The summed E-state index contributed by atoms with van der Waals surface area (Å²) in [4.78, 5) is 3.87. The number of nitrogens with one attached hydrogen (secondary N) is 2. The number of rotatable bonds is 5. The van der Waals surface area contributed by atoms with Gasteiger partial charge in [-0.05, 0) is 19.3 Å². The van der Waals surface area contributed by atoms with Gasteiger partial charge in [-0.25, -0.2) is 4.39 Å². The molecule has 0 aromatic heterocycles. The predicted octanol–water partition coefficient (Wildman–Crippen LogP) is 0.734. The Kier molecular flexibility index (Phi) is 10.4. The third kappa shape index (κ3) is 10.9. The molecule has 0 aliphatic rings. The number of alkyl halides is 1. The van der Waals surface area contributed by atoms with Crippen molar-refractivity contribution < 1.29 is 4.39 Å². The van der Waals surface area contributed by atoms with Crippen LogP contribution in [-0.2, 0) is 0 Å². The van der Waals surface area contributed by atoms with E-state index in [9.17, 15) is 4.39 Å². The fourth-order valence-electron chi connectivity index (χ4n) is 0.894. The number of halogens is 2. The van der Waals surface area contributed by atoms with Crippen LogP contribution in [-0.4, -0.2) is 24.6 Å². The average Bonchev–Trinajstić information content (AvgIpc) is 2.10. The van der Waals surface area contributed by atoms with Gasteiger partial charge in [0, 0.05) is 6.54 Å². The molecule has 7 heteroatoms. The third-order valence-corrected chi connectivity index (χ3v) is 1.66. The summed E-state index contributed by atoms with van der Waals surface area (Å²) < 4.78 is 12.7. The highest BCUT2D eigenvalue weighted by Crippen LogP contribution is 2.05. The van der Waals surface area contributed by atoms with E-state index >= 15 is 0 Å². The Morgan fingerprint density at radius 2 is 2.13 bits per heavy atom. The zero-order valence-electron chi connectivity index (χ0n) is 8.79. The molecule has 1 atom stereocenters. The predicted molar refractivity (Wildman–Crippen MR) is 63.2 cm³/mol. The minimum Gasteiger partial charge on any atom is -0.370 e. The Morgan fingerprint density at radius 1 is 1.53 bits per heavy atom. The van der Waals surface area contributed by atoms with Crippen LogP contribution < -0.4 is 16.8 Å². The molecule has 0 aliphatic carbocycles. The fraction of sp³-hybridized carbons (Fsp3) is 0.750. The van der Waals surface area contributed by atoms with E-state index in [1.807, 2.05) is 0 Å². The number of nitrogens with two attached hydrogens (primary N) is 2. The van der Waals surface area contributed by atoms with E-state index < -0.39 is 6.17 Å². The van der Waals surface area contributed by atoms with Crippen molar-refractivity contribution in [1.29, 1.82) is 5.41 Å². The van der Waals surface area contributed by atoms with Gasteiger partial charge in [0.15, 0.2) is 11.9 Å². The van der Waals surface area contributed by atoms with E-state index in [4.69, 9.17) is 16.9 Å². The van der Waals surface area contributed by atoms with Crippen LogP contribution in [0.25, 0.3) is 0 Å². The van der Waals surface area contributed by atoms with Gasteiger partial charge in [0.2, 0.25) is 0 Å². The third-order valence-electron chi connectivity index (χ3n) is 1.66. The van der Waals surface area contributed by atoms with Crippen molar-refractivity contribution in [2.75, 3.05) is 6.54 Å². The van der Waals surface area contributed by atoms with Crippen molar-refractivity contribution in [3.63, 3.8) is 0 Å². The molecule has 6 N–H and O–H groups in total. The Morgan fingerprint density at radius 3 is 2.60 bits per heavy atom. The Labute approximate surface area is 95.4 Å². The Hall–Kier alpha value is -1.04. The highest BCUT2D eigenvalue weighted by atomic mass is 35.5. The maximum Gasteiger partial charge on any atom is 0.195 e. The van der Waals surface area contributed by atoms with Gasteiger partial charge in [-0.15, -0.1) is 12.4 Å². The number of guanidine groups is 2. The molecule has 0 spiro atoms. The van der Waals surface area contributed by atoms with E-state index in [2.05, 4.69) is 10.3 Å². The first kappa shape index (κ1) is 16.4. The van der Waals surface area contributed by atoms with Gasteiger partial charge in [0.05, 0.1) is 6.17 Å². The molecule has 1 unspecified atom stereocenters. The topological polar surface area (TPSA) is 100 Å². The molecule has 90 valence electrons. The maximum atomic E-state index is 12.7. The number of hydrogen-bond donors (Lipinski definition) is 4. The summed E-state index contributed by atoms with van der Waals surface area (Å²) in [5.74, 6) is -0.146. The van der Waals surface area contributed by atoms with Crippen LogP contribution >= 0.6 is 12.4 Å². The van der Waals surface area contributed by atoms with Gasteiger partial charge in [0.1, 0.15) is 0 Å². The van der Waals surface area contributed by atoms with Crippen LogP contribution in [0.4, 0.5) is 4.39 Å². The first-order valence-corrected chi connectivity index (χ1v) is 4.61. The van der Waals surface area contributed by atoms with Gasteiger partial charge < -0.3 is 11.5 Å². The molecule has 0 aromatic rings. The maximum absolute atomic E-state index is 12.7. The van der Waals surface area contributed by atoms with Crippen molar-refractivity contribution in [2.45, 2.75) is 32.4 Å². The van der Waals surface area contributed by atoms with Crippen molar-refractivity contribution in [1.82, 2.24) is 5.32 Å². The summed E-state index contributed by atoms with van der Waals surface area (Å²) in [6.07, 6.45) is 0.917. The molecule has 0 bridgehead atoms. The zero-order valence-corrected chi connectivity index (χ0v) is 9.61. The molecule has 15 heavy (non-hydrogen) atoms. The summed E-state index contributed by atoms with van der Waals surface area (Å²) in [7, 11) is 0. The second-order valence-corrected chi connectivity index (χ2v) is 2.95. The van der Waals surface area contributed by atoms with Crippen LogP contribution in [0.5, 0.6) is 0 Å². The molecular weight excluding hydrogens is 221 g/mol. The van der Waals surface area contributed by atoms with Gasteiger partial charge in [0.25, 0.3) is 0 Å². The summed E-state index contributed by atoms with van der Waals surface area (Å²) >= 11 is 0. The number of hydrogen-bond acceptors (Lipinski definition) is 2. The molecule has 0 saturated heterocycles. The highest BCUT2D eigenvalue weighted by molar-refractivity contribution is 5.95. The number of nitrogens with zero attached hydrogens (tertiary/aromatic N) is 1. The molecule has 0 radical (unpaired) electrons. The van der Waals surface area contributed by atoms with Gasteiger partial charge >= 0.3 is 0 Å². The quantitative estimate of drug-likeness (QED) is 0.323. The molecule has 0 amide bonds. The first-order valence-electron chi connectivity index (χ1n) is 4.61. The summed E-state index contributed by atoms with van der Waals surface area (Å²) in [5.41, 5.74) is 10.4. The van der Waals surface area contributed by atoms with E-state index in [1.165, 1.54) is 0 Å². The molecule has 5 nitrogen and oxygen atoms in total. The smallest absolute Gasteiger partial charge is 0.195 e. The van der Waals surface area contributed by atoms with Crippen molar-refractivity contribution in [3.8, 4) is 0 Å². The standard InChI is InChI=1S/C8H18FN5.ClH/c1-2-6(9)4-3-5-13-8(12)14-7(10)11;/h6H,2-5H2,1H3,(H6,10,11,12,13,14);1H. The second kappa shape index (κ2) is 9.51. The van der Waals surface area contributed by atoms with E-state index in [0.717, 1.165) is 0 Å². The molecule has 0 aliphatic heterocycles. The largest absolute Gasteiger partial charge is 0.370 e. The monoisotopic (exact) mass is 239 g/mol. The second-order valence-electron chi connectivity index (χ2n) is 2.95. The van der Waals surface area contributed by atoms with Gasteiger partial charge in [-0.2, -0.15) is 0 Å². The van der Waals surface area contributed by atoms with Crippen molar-refractivity contribution in [2.24, 2.45) is 16.5 Å². The fourth-order valence-corrected chi connectivity index (χ4v) is 0.894. The number of aliphatic imine (C=N–C) groups is 1. The zero-order chi connectivity index (χ0) is 11.0. The molecule has 0 fully saturated rings. The minimum absolute atomic E-state index is 0. The van der Waals surface area contributed by atoms with E-state index in [1.54, 1.807) is 6.92 Å². The van der Waals surface area contributed by atoms with Crippen LogP contribution in [0.2, 0.25) is 0 Å². The van der Waals surface area contributed by atoms with Crippen LogP contribution in [0.1, 0.15) is 26.2 Å². The Balaban J connectivity index is 0. The molecular formula is C8H19ClFN5. The van der Waals surface area contributed by atoms with Gasteiger partial charge in [-0.1, -0.05) is 6.92 Å². The van der Waals surface area contributed by atoms with E-state index in [-0.39, 0.29) is 24.3 Å². The highest BCUT2D eigenvalue weighted by Gasteiger charge is 2.01. The first-order chi connectivity index (χ1) is 6.56. The lowest BCUT2D eigenvalue weighted by molar-refractivity contribution is 0.301. The summed E-state index contributed by atoms with van der Waals surface area (Å²) in [5, 5.41) is 9.19. The van der Waals surface area contributed by atoms with Crippen LogP contribution in [0.15, 0.2) is 4.99 Å². The lowest BCUT2D eigenvalue weighted by Crippen LogP contribution is -2.40. The van der Waals surface area contributed by atoms with Crippen molar-refractivity contribution in [3.05, 3.63) is 0 Å². The van der Waals surface area contributed by atoms with Crippen LogP contribution in [0.3, 0.4) is 0 Å². The normalized spacial score (nSPS) is 12.8. The van der Waals surface area contributed by atoms with Crippen LogP contribution in [0, 0.1) is 5.41 Å². The summed E-state index contributed by atoms with van der Waals surface area (Å²) in [6, 6.07) is 0. The summed E-state index contributed by atoms with van der Waals surface area (Å²) in [6.45, 7) is 2.26. The average molecular weight is 240 g/mol. The SMILES string of the molecule is CCC(F)CCCN=C(N)NC(=N)N.Cl. The lowest BCUT2D eigenvalue weighted by atomic mass is 10.2. The minimum atomic E-state index is -0.757. The van der Waals surface area contributed by atoms with E-state index in [0.29, 0.717) is 25.8 Å². The molecule has 0 heterocycles. The Bertz CT molecular complexity index is 209.